The van der Waals surface area contributed by atoms with Gasteiger partial charge in [-0.15, -0.1) is 11.3 Å². The first-order valence-corrected chi connectivity index (χ1v) is 7.88. The molecule has 2 N–H and O–H groups in total. The number of rotatable bonds is 2. The molecule has 1 aromatic heterocycles. The first-order valence-electron chi connectivity index (χ1n) is 6.21. The first-order chi connectivity index (χ1) is 8.68. The van der Waals surface area contributed by atoms with Crippen molar-refractivity contribution >= 4 is 37.4 Å². The van der Waals surface area contributed by atoms with E-state index in [-0.39, 0.29) is 12.1 Å². The van der Waals surface area contributed by atoms with Gasteiger partial charge >= 0.3 is 0 Å². The van der Waals surface area contributed by atoms with Gasteiger partial charge in [-0.2, -0.15) is 0 Å². The SMILES string of the molecule is CC1CCOC1C(N)c1csc2c(Br)cccc12. The summed E-state index contributed by atoms with van der Waals surface area (Å²) < 4.78 is 8.21. The molecule has 1 aliphatic heterocycles. The lowest BCUT2D eigenvalue weighted by molar-refractivity contribution is 0.0729. The highest BCUT2D eigenvalue weighted by Gasteiger charge is 2.31. The highest BCUT2D eigenvalue weighted by atomic mass is 79.9. The number of benzene rings is 1. The average Bonchev–Trinajstić information content (AvgIpc) is 2.95. The van der Waals surface area contributed by atoms with Crippen molar-refractivity contribution in [2.24, 2.45) is 11.7 Å². The van der Waals surface area contributed by atoms with Crippen LogP contribution in [0.5, 0.6) is 0 Å². The standard InChI is InChI=1S/C14H16BrNOS/c1-8-5-6-17-13(8)12(16)10-7-18-14-9(10)3-2-4-11(14)15/h2-4,7-8,12-13H,5-6,16H2,1H3. The minimum atomic E-state index is -0.0226. The number of hydrogen-bond acceptors (Lipinski definition) is 3. The van der Waals surface area contributed by atoms with Gasteiger partial charge in [-0.05, 0) is 50.7 Å². The van der Waals surface area contributed by atoms with Gasteiger partial charge in [-0.1, -0.05) is 19.1 Å². The van der Waals surface area contributed by atoms with Crippen molar-refractivity contribution in [3.63, 3.8) is 0 Å². The second kappa shape index (κ2) is 4.93. The summed E-state index contributed by atoms with van der Waals surface area (Å²) in [5, 5.41) is 3.43. The van der Waals surface area contributed by atoms with Crippen LogP contribution < -0.4 is 5.73 Å². The lowest BCUT2D eigenvalue weighted by Gasteiger charge is -2.22. The van der Waals surface area contributed by atoms with Gasteiger partial charge in [0.05, 0.1) is 12.1 Å². The number of nitrogens with two attached hydrogens (primary N) is 1. The monoisotopic (exact) mass is 325 g/mol. The Hall–Kier alpha value is -0.420. The fourth-order valence-electron chi connectivity index (χ4n) is 2.65. The molecule has 0 spiro atoms. The number of halogens is 1. The maximum atomic E-state index is 6.42. The molecule has 0 bridgehead atoms. The smallest absolute Gasteiger partial charge is 0.0794 e. The molecule has 2 heterocycles. The molecule has 0 radical (unpaired) electrons. The van der Waals surface area contributed by atoms with Gasteiger partial charge in [0.2, 0.25) is 0 Å². The summed E-state index contributed by atoms with van der Waals surface area (Å²) in [5.74, 6) is 0.544. The molecule has 3 rings (SSSR count). The molecule has 0 amide bonds. The third-order valence-electron chi connectivity index (χ3n) is 3.74. The summed E-state index contributed by atoms with van der Waals surface area (Å²) >= 11 is 5.34. The topological polar surface area (TPSA) is 35.2 Å². The van der Waals surface area contributed by atoms with Gasteiger partial charge in [0, 0.05) is 15.8 Å². The number of fused-ring (bicyclic) bond motifs is 1. The largest absolute Gasteiger partial charge is 0.376 e. The van der Waals surface area contributed by atoms with Crippen molar-refractivity contribution in [3.05, 3.63) is 33.6 Å². The van der Waals surface area contributed by atoms with Crippen molar-refractivity contribution in [2.75, 3.05) is 6.61 Å². The molecule has 2 aromatic rings. The van der Waals surface area contributed by atoms with E-state index in [1.165, 1.54) is 15.6 Å². The molecule has 3 atom stereocenters. The quantitative estimate of drug-likeness (QED) is 0.902. The zero-order valence-corrected chi connectivity index (χ0v) is 12.6. The highest BCUT2D eigenvalue weighted by molar-refractivity contribution is 9.10. The zero-order chi connectivity index (χ0) is 12.7. The van der Waals surface area contributed by atoms with Crippen LogP contribution >= 0.6 is 27.3 Å². The Morgan fingerprint density at radius 1 is 1.50 bits per heavy atom. The van der Waals surface area contributed by atoms with Gasteiger partial charge in [0.25, 0.3) is 0 Å². The van der Waals surface area contributed by atoms with Gasteiger partial charge in [0.15, 0.2) is 0 Å². The predicted octanol–water partition coefficient (Wildman–Crippen LogP) is 4.09. The zero-order valence-electron chi connectivity index (χ0n) is 10.2. The lowest BCUT2D eigenvalue weighted by Crippen LogP contribution is -2.29. The molecule has 1 fully saturated rings. The van der Waals surface area contributed by atoms with E-state index in [1.54, 1.807) is 11.3 Å². The van der Waals surface area contributed by atoms with Crippen LogP contribution in [-0.4, -0.2) is 12.7 Å². The Balaban J connectivity index is 2.01. The van der Waals surface area contributed by atoms with Crippen molar-refractivity contribution in [3.8, 4) is 0 Å². The molecule has 1 saturated heterocycles. The summed E-state index contributed by atoms with van der Waals surface area (Å²) in [6.07, 6.45) is 1.27. The molecule has 3 unspecified atom stereocenters. The fourth-order valence-corrected chi connectivity index (χ4v) is 4.32. The summed E-state index contributed by atoms with van der Waals surface area (Å²) in [4.78, 5) is 0. The maximum Gasteiger partial charge on any atom is 0.0794 e. The van der Waals surface area contributed by atoms with Gasteiger partial charge in [-0.3, -0.25) is 0 Å². The first kappa shape index (κ1) is 12.6. The van der Waals surface area contributed by atoms with E-state index in [2.05, 4.69) is 46.4 Å². The number of ether oxygens (including phenoxy) is 1. The van der Waals surface area contributed by atoms with E-state index >= 15 is 0 Å². The van der Waals surface area contributed by atoms with Crippen LogP contribution in [0.25, 0.3) is 10.1 Å². The molecule has 2 nitrogen and oxygen atoms in total. The summed E-state index contributed by atoms with van der Waals surface area (Å²) in [5.41, 5.74) is 7.64. The number of thiophene rings is 1. The Labute approximate surface area is 119 Å². The van der Waals surface area contributed by atoms with Crippen LogP contribution in [0.4, 0.5) is 0 Å². The minimum absolute atomic E-state index is 0.0226. The predicted molar refractivity (Wildman–Crippen MR) is 80.0 cm³/mol. The van der Waals surface area contributed by atoms with Crippen LogP contribution in [0, 0.1) is 5.92 Å². The molecule has 96 valence electrons. The van der Waals surface area contributed by atoms with Crippen LogP contribution in [0.1, 0.15) is 24.9 Å². The maximum absolute atomic E-state index is 6.42. The Morgan fingerprint density at radius 2 is 2.33 bits per heavy atom. The molecule has 0 saturated carbocycles. The van der Waals surface area contributed by atoms with E-state index in [0.29, 0.717) is 5.92 Å². The Bertz CT molecular complexity index is 568. The third kappa shape index (κ3) is 2.01. The van der Waals surface area contributed by atoms with Crippen LogP contribution in [0.2, 0.25) is 0 Å². The molecule has 1 aromatic carbocycles. The molecular weight excluding hydrogens is 310 g/mol. The van der Waals surface area contributed by atoms with Crippen molar-refractivity contribution in [1.29, 1.82) is 0 Å². The van der Waals surface area contributed by atoms with Gasteiger partial charge in [-0.25, -0.2) is 0 Å². The Kier molecular flexibility index (Phi) is 3.45. The van der Waals surface area contributed by atoms with Crippen molar-refractivity contribution in [1.82, 2.24) is 0 Å². The fraction of sp³-hybridized carbons (Fsp3) is 0.429. The molecule has 4 heteroatoms. The van der Waals surface area contributed by atoms with Crippen molar-refractivity contribution in [2.45, 2.75) is 25.5 Å². The molecule has 18 heavy (non-hydrogen) atoms. The summed E-state index contributed by atoms with van der Waals surface area (Å²) in [6.45, 7) is 3.06. The van der Waals surface area contributed by atoms with E-state index in [9.17, 15) is 0 Å². The summed E-state index contributed by atoms with van der Waals surface area (Å²) in [7, 11) is 0. The Morgan fingerprint density at radius 3 is 3.06 bits per heavy atom. The van der Waals surface area contributed by atoms with E-state index in [4.69, 9.17) is 10.5 Å². The average molecular weight is 326 g/mol. The van der Waals surface area contributed by atoms with E-state index < -0.39 is 0 Å². The summed E-state index contributed by atoms with van der Waals surface area (Å²) in [6, 6.07) is 6.26. The lowest BCUT2D eigenvalue weighted by atomic mass is 9.93. The normalized spacial score (nSPS) is 25.7. The van der Waals surface area contributed by atoms with Crippen LogP contribution in [-0.2, 0) is 4.74 Å². The third-order valence-corrected chi connectivity index (χ3v) is 5.71. The number of hydrogen-bond donors (Lipinski definition) is 1. The second-order valence-corrected chi connectivity index (χ2v) is 6.67. The molecular formula is C14H16BrNOS. The van der Waals surface area contributed by atoms with Crippen molar-refractivity contribution < 1.29 is 4.74 Å². The van der Waals surface area contributed by atoms with Crippen LogP contribution in [0.3, 0.4) is 0 Å². The minimum Gasteiger partial charge on any atom is -0.376 e. The van der Waals surface area contributed by atoms with Crippen LogP contribution in [0.15, 0.2) is 28.1 Å². The van der Waals surface area contributed by atoms with E-state index in [1.807, 2.05) is 0 Å². The highest BCUT2D eigenvalue weighted by Crippen LogP contribution is 2.38. The van der Waals surface area contributed by atoms with Gasteiger partial charge < -0.3 is 10.5 Å². The molecule has 0 aliphatic carbocycles. The molecule has 1 aliphatic rings. The second-order valence-electron chi connectivity index (χ2n) is 4.93. The van der Waals surface area contributed by atoms with Gasteiger partial charge in [0.1, 0.15) is 0 Å². The van der Waals surface area contributed by atoms with E-state index in [0.717, 1.165) is 17.5 Å².